The lowest BCUT2D eigenvalue weighted by Crippen LogP contribution is -3.28. The first kappa shape index (κ1) is 21.6. The lowest BCUT2D eigenvalue weighted by Gasteiger charge is -2.32. The molecule has 1 fully saturated rings. The van der Waals surface area contributed by atoms with Gasteiger partial charge in [-0.15, -0.1) is 0 Å². The fraction of sp³-hybridized carbons (Fsp3) is 0.286. The molecule has 2 aliphatic rings. The number of para-hydroxylation sites is 1. The molecule has 5 heteroatoms. The number of nitrogens with zero attached hydrogens (tertiary/aromatic N) is 2. The van der Waals surface area contributed by atoms with Gasteiger partial charge in [-0.3, -0.25) is 9.69 Å². The zero-order valence-corrected chi connectivity index (χ0v) is 19.5. The van der Waals surface area contributed by atoms with Crippen LogP contribution in [0, 0.1) is 13.8 Å². The second-order valence-corrected chi connectivity index (χ2v) is 9.32. The summed E-state index contributed by atoms with van der Waals surface area (Å²) in [6.07, 6.45) is 0. The highest BCUT2D eigenvalue weighted by Crippen LogP contribution is 2.31. The van der Waals surface area contributed by atoms with Gasteiger partial charge in [0.1, 0.15) is 38.4 Å². The SMILES string of the molecule is Cc1ccc(N=C2C(=O)N(C[NH+]3CC[NH+](Cc4ccccc4)CC3)c3ccccc32)c(C)c1. The van der Waals surface area contributed by atoms with Gasteiger partial charge in [0.15, 0.2) is 6.67 Å². The van der Waals surface area contributed by atoms with E-state index in [-0.39, 0.29) is 5.91 Å². The Morgan fingerprint density at radius 3 is 2.30 bits per heavy atom. The number of anilines is 1. The van der Waals surface area contributed by atoms with Crippen molar-refractivity contribution >= 4 is 23.0 Å². The number of rotatable bonds is 5. The second-order valence-electron chi connectivity index (χ2n) is 9.32. The van der Waals surface area contributed by atoms with E-state index in [4.69, 9.17) is 4.99 Å². The summed E-state index contributed by atoms with van der Waals surface area (Å²) in [5.41, 5.74) is 7.04. The van der Waals surface area contributed by atoms with Gasteiger partial charge in [0, 0.05) is 11.1 Å². The third-order valence-electron chi connectivity index (χ3n) is 6.83. The van der Waals surface area contributed by atoms with E-state index in [0.29, 0.717) is 12.4 Å². The lowest BCUT2D eigenvalue weighted by atomic mass is 10.1. The molecule has 1 amide bonds. The number of fused-ring (bicyclic) bond motifs is 1. The quantitative estimate of drug-likeness (QED) is 0.623. The molecule has 5 rings (SSSR count). The zero-order valence-electron chi connectivity index (χ0n) is 19.5. The smallest absolute Gasteiger partial charge is 0.281 e. The number of amides is 1. The number of carbonyl (C=O) groups excluding carboxylic acids is 1. The molecule has 0 radical (unpaired) electrons. The topological polar surface area (TPSA) is 41.5 Å². The van der Waals surface area contributed by atoms with Crippen molar-refractivity contribution in [1.29, 1.82) is 0 Å². The van der Waals surface area contributed by atoms with E-state index in [9.17, 15) is 4.79 Å². The predicted octanol–water partition coefficient (Wildman–Crippen LogP) is 1.71. The van der Waals surface area contributed by atoms with E-state index in [1.54, 1.807) is 4.90 Å². The van der Waals surface area contributed by atoms with E-state index in [2.05, 4.69) is 56.3 Å². The maximum absolute atomic E-state index is 13.5. The molecule has 0 saturated carbocycles. The Hall–Kier alpha value is -3.28. The minimum atomic E-state index is 0.0164. The van der Waals surface area contributed by atoms with Gasteiger partial charge in [0.25, 0.3) is 5.91 Å². The number of carbonyl (C=O) groups is 1. The number of quaternary nitrogens is 2. The minimum Gasteiger partial charge on any atom is -0.322 e. The third kappa shape index (κ3) is 4.61. The Balaban J connectivity index is 1.30. The molecule has 3 aromatic rings. The molecule has 5 nitrogen and oxygen atoms in total. The molecule has 2 N–H and O–H groups in total. The van der Waals surface area contributed by atoms with Gasteiger partial charge in [-0.2, -0.15) is 0 Å². The van der Waals surface area contributed by atoms with Gasteiger partial charge in [-0.25, -0.2) is 4.99 Å². The Bertz CT molecular complexity index is 1180. The average molecular weight is 441 g/mol. The van der Waals surface area contributed by atoms with Gasteiger partial charge < -0.3 is 9.80 Å². The molecule has 1 saturated heterocycles. The van der Waals surface area contributed by atoms with E-state index < -0.39 is 0 Å². The highest BCUT2D eigenvalue weighted by Gasteiger charge is 2.37. The summed E-state index contributed by atoms with van der Waals surface area (Å²) in [7, 11) is 0. The zero-order chi connectivity index (χ0) is 22.8. The second kappa shape index (κ2) is 9.30. The summed E-state index contributed by atoms with van der Waals surface area (Å²) >= 11 is 0. The van der Waals surface area contributed by atoms with Crippen molar-refractivity contribution < 1.29 is 14.6 Å². The molecule has 0 aromatic heterocycles. The Kier molecular flexibility index (Phi) is 6.07. The summed E-state index contributed by atoms with van der Waals surface area (Å²) in [6.45, 7) is 10.3. The number of aliphatic imine (C=N–C) groups is 1. The molecule has 33 heavy (non-hydrogen) atoms. The molecule has 0 unspecified atom stereocenters. The van der Waals surface area contributed by atoms with Crippen LogP contribution in [-0.4, -0.2) is 44.5 Å². The molecule has 3 aromatic carbocycles. The molecule has 0 atom stereocenters. The van der Waals surface area contributed by atoms with Crippen LogP contribution in [-0.2, 0) is 11.3 Å². The first-order valence-electron chi connectivity index (χ1n) is 11.9. The number of benzene rings is 3. The number of hydrogen-bond acceptors (Lipinski definition) is 2. The first-order valence-corrected chi connectivity index (χ1v) is 11.9. The lowest BCUT2D eigenvalue weighted by molar-refractivity contribution is -1.02. The van der Waals surface area contributed by atoms with Crippen LogP contribution in [0.3, 0.4) is 0 Å². The van der Waals surface area contributed by atoms with E-state index in [1.807, 2.05) is 35.2 Å². The highest BCUT2D eigenvalue weighted by atomic mass is 16.2. The van der Waals surface area contributed by atoms with Crippen LogP contribution < -0.4 is 14.7 Å². The molecular weight excluding hydrogens is 408 g/mol. The summed E-state index contributed by atoms with van der Waals surface area (Å²) in [6, 6.07) is 25.0. The first-order chi connectivity index (χ1) is 16.1. The summed E-state index contributed by atoms with van der Waals surface area (Å²) < 4.78 is 0. The van der Waals surface area contributed by atoms with Crippen molar-refractivity contribution in [3.05, 3.63) is 95.1 Å². The molecule has 2 heterocycles. The van der Waals surface area contributed by atoms with Crippen LogP contribution in [0.4, 0.5) is 11.4 Å². The number of piperazine rings is 1. The van der Waals surface area contributed by atoms with Gasteiger partial charge in [0.2, 0.25) is 0 Å². The standard InChI is InChI=1S/C28H30N4O/c1-21-12-13-25(22(2)18-21)29-27-24-10-6-7-11-26(24)32(28(27)33)20-31-16-14-30(15-17-31)19-23-8-4-3-5-9-23/h3-13,18H,14-17,19-20H2,1-2H3/p+2. The van der Waals surface area contributed by atoms with E-state index >= 15 is 0 Å². The van der Waals surface area contributed by atoms with E-state index in [1.165, 1.54) is 16.0 Å². The normalized spacial score (nSPS) is 21.5. The summed E-state index contributed by atoms with van der Waals surface area (Å²) in [5.74, 6) is 0.0164. The van der Waals surface area contributed by atoms with Gasteiger partial charge in [-0.05, 0) is 31.5 Å². The van der Waals surface area contributed by atoms with Gasteiger partial charge in [0.05, 0.1) is 11.4 Å². The van der Waals surface area contributed by atoms with Crippen molar-refractivity contribution in [2.45, 2.75) is 20.4 Å². The van der Waals surface area contributed by atoms with Gasteiger partial charge in [-0.1, -0.05) is 66.2 Å². The monoisotopic (exact) mass is 440 g/mol. The molecular formula is C28H32N4O+2. The third-order valence-corrected chi connectivity index (χ3v) is 6.83. The molecule has 168 valence electrons. The van der Waals surface area contributed by atoms with Crippen molar-refractivity contribution in [3.63, 3.8) is 0 Å². The van der Waals surface area contributed by atoms with Crippen LogP contribution >= 0.6 is 0 Å². The molecule has 0 aliphatic carbocycles. The van der Waals surface area contributed by atoms with Crippen LogP contribution in [0.25, 0.3) is 0 Å². The minimum absolute atomic E-state index is 0.0164. The van der Waals surface area contributed by atoms with Crippen molar-refractivity contribution in [1.82, 2.24) is 0 Å². The van der Waals surface area contributed by atoms with Crippen LogP contribution in [0.5, 0.6) is 0 Å². The fourth-order valence-electron chi connectivity index (χ4n) is 4.98. The van der Waals surface area contributed by atoms with Crippen molar-refractivity contribution in [2.75, 3.05) is 37.7 Å². The molecule has 2 aliphatic heterocycles. The Morgan fingerprint density at radius 2 is 1.55 bits per heavy atom. The Morgan fingerprint density at radius 1 is 0.848 bits per heavy atom. The maximum Gasteiger partial charge on any atom is 0.281 e. The largest absolute Gasteiger partial charge is 0.322 e. The van der Waals surface area contributed by atoms with Crippen molar-refractivity contribution in [3.8, 4) is 0 Å². The van der Waals surface area contributed by atoms with Crippen LogP contribution in [0.15, 0.2) is 77.8 Å². The van der Waals surface area contributed by atoms with Crippen LogP contribution in [0.1, 0.15) is 22.3 Å². The number of nitrogens with one attached hydrogen (secondary N) is 2. The maximum atomic E-state index is 13.5. The Labute approximate surface area is 196 Å². The molecule has 0 bridgehead atoms. The highest BCUT2D eigenvalue weighted by molar-refractivity contribution is 6.54. The molecule has 0 spiro atoms. The van der Waals surface area contributed by atoms with Crippen LogP contribution in [0.2, 0.25) is 0 Å². The predicted molar refractivity (Wildman–Crippen MR) is 132 cm³/mol. The summed E-state index contributed by atoms with van der Waals surface area (Å²) in [5, 5.41) is 0. The summed E-state index contributed by atoms with van der Waals surface area (Å²) in [4.78, 5) is 23.4. The fourth-order valence-corrected chi connectivity index (χ4v) is 4.98. The van der Waals surface area contributed by atoms with Gasteiger partial charge >= 0.3 is 0 Å². The average Bonchev–Trinajstić information content (AvgIpc) is 3.08. The van der Waals surface area contributed by atoms with Crippen molar-refractivity contribution in [2.24, 2.45) is 4.99 Å². The number of hydrogen-bond donors (Lipinski definition) is 2. The van der Waals surface area contributed by atoms with E-state index in [0.717, 1.165) is 55.2 Å². The number of aryl methyl sites for hydroxylation is 2.